The molecule has 1 saturated heterocycles. The topological polar surface area (TPSA) is 29.3 Å². The summed E-state index contributed by atoms with van der Waals surface area (Å²) in [5, 5.41) is 0. The lowest BCUT2D eigenvalue weighted by Crippen LogP contribution is -2.52. The van der Waals surface area contributed by atoms with E-state index in [9.17, 15) is 0 Å². The summed E-state index contributed by atoms with van der Waals surface area (Å²) in [4.78, 5) is 2.58. The summed E-state index contributed by atoms with van der Waals surface area (Å²) >= 11 is 0. The van der Waals surface area contributed by atoms with Gasteiger partial charge in [-0.2, -0.15) is 0 Å². The fraction of sp³-hybridized carbons (Fsp3) is 1.00. The van der Waals surface area contributed by atoms with Crippen molar-refractivity contribution in [3.63, 3.8) is 0 Å². The van der Waals surface area contributed by atoms with E-state index in [-0.39, 0.29) is 5.54 Å². The highest BCUT2D eigenvalue weighted by Crippen LogP contribution is 2.27. The molecule has 12 heavy (non-hydrogen) atoms. The Bertz CT molecular complexity index is 141. The Labute approximate surface area is 76.1 Å². The van der Waals surface area contributed by atoms with Gasteiger partial charge in [-0.15, -0.1) is 0 Å². The van der Waals surface area contributed by atoms with E-state index >= 15 is 0 Å². The Morgan fingerprint density at radius 1 is 1.58 bits per heavy atom. The monoisotopic (exact) mass is 170 g/mol. The van der Waals surface area contributed by atoms with Gasteiger partial charge in [0.05, 0.1) is 0 Å². The number of nitrogens with zero attached hydrogens (tertiary/aromatic N) is 1. The highest BCUT2D eigenvalue weighted by molar-refractivity contribution is 4.92. The third kappa shape index (κ3) is 1.64. The van der Waals surface area contributed by atoms with Crippen LogP contribution in [0.15, 0.2) is 0 Å². The third-order valence-electron chi connectivity index (χ3n) is 3.45. The summed E-state index contributed by atoms with van der Waals surface area (Å²) in [5.41, 5.74) is 6.06. The first kappa shape index (κ1) is 10.0. The Morgan fingerprint density at radius 3 is 2.58 bits per heavy atom. The summed E-state index contributed by atoms with van der Waals surface area (Å²) in [6.45, 7) is 8.86. The molecule has 1 aliphatic heterocycles. The van der Waals surface area contributed by atoms with Gasteiger partial charge in [-0.1, -0.05) is 6.92 Å². The first-order chi connectivity index (χ1) is 5.64. The molecule has 2 unspecified atom stereocenters. The minimum Gasteiger partial charge on any atom is -0.329 e. The second kappa shape index (κ2) is 3.75. The van der Waals surface area contributed by atoms with E-state index in [1.54, 1.807) is 0 Å². The number of rotatable bonds is 3. The lowest BCUT2D eigenvalue weighted by Gasteiger charge is -2.40. The summed E-state index contributed by atoms with van der Waals surface area (Å²) in [6.07, 6.45) is 3.85. The van der Waals surface area contributed by atoms with Crippen LogP contribution in [0.3, 0.4) is 0 Å². The van der Waals surface area contributed by atoms with E-state index in [1.807, 2.05) is 0 Å². The van der Waals surface area contributed by atoms with Crippen LogP contribution in [0.5, 0.6) is 0 Å². The van der Waals surface area contributed by atoms with Gasteiger partial charge in [0.2, 0.25) is 0 Å². The zero-order valence-electron chi connectivity index (χ0n) is 8.64. The predicted octanol–water partition coefficient (Wildman–Crippen LogP) is 1.60. The predicted molar refractivity (Wildman–Crippen MR) is 53.2 cm³/mol. The molecule has 0 radical (unpaired) electrons. The van der Waals surface area contributed by atoms with E-state index in [0.29, 0.717) is 0 Å². The molecule has 0 spiro atoms. The average Bonchev–Trinajstić information content (AvgIpc) is 2.51. The SMILES string of the molecule is CCC(C)(CN)N1CCCC1C. The highest BCUT2D eigenvalue weighted by atomic mass is 15.2. The van der Waals surface area contributed by atoms with Crippen LogP contribution < -0.4 is 5.73 Å². The van der Waals surface area contributed by atoms with E-state index in [1.165, 1.54) is 19.4 Å². The molecule has 1 rings (SSSR count). The molecule has 2 heteroatoms. The van der Waals surface area contributed by atoms with Crippen molar-refractivity contribution in [3.05, 3.63) is 0 Å². The Kier molecular flexibility index (Phi) is 3.13. The molecular weight excluding hydrogens is 148 g/mol. The van der Waals surface area contributed by atoms with Gasteiger partial charge in [0.15, 0.2) is 0 Å². The van der Waals surface area contributed by atoms with E-state index in [2.05, 4.69) is 25.7 Å². The highest BCUT2D eigenvalue weighted by Gasteiger charge is 2.34. The van der Waals surface area contributed by atoms with Crippen molar-refractivity contribution in [2.24, 2.45) is 5.73 Å². The third-order valence-corrected chi connectivity index (χ3v) is 3.45. The maximum absolute atomic E-state index is 5.82. The molecule has 0 aromatic rings. The largest absolute Gasteiger partial charge is 0.329 e. The molecule has 2 N–H and O–H groups in total. The van der Waals surface area contributed by atoms with Crippen LogP contribution in [0, 0.1) is 0 Å². The second-order valence-electron chi connectivity index (χ2n) is 4.24. The standard InChI is InChI=1S/C10H22N2/c1-4-10(3,8-11)12-7-5-6-9(12)2/h9H,4-8,11H2,1-3H3. The summed E-state index contributed by atoms with van der Waals surface area (Å²) < 4.78 is 0. The molecule has 1 heterocycles. The summed E-state index contributed by atoms with van der Waals surface area (Å²) in [6, 6.07) is 0.735. The fourth-order valence-corrected chi connectivity index (χ4v) is 2.20. The smallest absolute Gasteiger partial charge is 0.0303 e. The first-order valence-electron chi connectivity index (χ1n) is 5.11. The normalized spacial score (nSPS) is 30.5. The Morgan fingerprint density at radius 2 is 2.25 bits per heavy atom. The molecule has 2 nitrogen and oxygen atoms in total. The van der Waals surface area contributed by atoms with Crippen LogP contribution in [0.1, 0.15) is 40.0 Å². The zero-order chi connectivity index (χ0) is 9.19. The minimum absolute atomic E-state index is 0.246. The first-order valence-corrected chi connectivity index (χ1v) is 5.11. The second-order valence-corrected chi connectivity index (χ2v) is 4.24. The van der Waals surface area contributed by atoms with Gasteiger partial charge in [-0.05, 0) is 39.7 Å². The Balaban J connectivity index is 2.64. The number of hydrogen-bond donors (Lipinski definition) is 1. The minimum atomic E-state index is 0.246. The molecule has 0 amide bonds. The van der Waals surface area contributed by atoms with Crippen molar-refractivity contribution in [1.82, 2.24) is 4.90 Å². The summed E-state index contributed by atoms with van der Waals surface area (Å²) in [5.74, 6) is 0. The van der Waals surface area contributed by atoms with Crippen LogP contribution in [-0.2, 0) is 0 Å². The van der Waals surface area contributed by atoms with Crippen LogP contribution in [0.25, 0.3) is 0 Å². The van der Waals surface area contributed by atoms with Gasteiger partial charge >= 0.3 is 0 Å². The van der Waals surface area contributed by atoms with Crippen molar-refractivity contribution < 1.29 is 0 Å². The van der Waals surface area contributed by atoms with Gasteiger partial charge in [-0.25, -0.2) is 0 Å². The van der Waals surface area contributed by atoms with Crippen LogP contribution >= 0.6 is 0 Å². The maximum Gasteiger partial charge on any atom is 0.0303 e. The van der Waals surface area contributed by atoms with Crippen LogP contribution in [-0.4, -0.2) is 29.6 Å². The summed E-state index contributed by atoms with van der Waals surface area (Å²) in [7, 11) is 0. The molecule has 1 aliphatic rings. The lowest BCUT2D eigenvalue weighted by atomic mass is 9.96. The van der Waals surface area contributed by atoms with Crippen molar-refractivity contribution in [3.8, 4) is 0 Å². The van der Waals surface area contributed by atoms with Gasteiger partial charge in [0, 0.05) is 18.1 Å². The van der Waals surface area contributed by atoms with E-state index < -0.39 is 0 Å². The molecule has 2 atom stereocenters. The Hall–Kier alpha value is -0.0800. The molecule has 0 aromatic heterocycles. The number of hydrogen-bond acceptors (Lipinski definition) is 2. The molecular formula is C10H22N2. The number of nitrogens with two attached hydrogens (primary N) is 1. The fourth-order valence-electron chi connectivity index (χ4n) is 2.20. The van der Waals surface area contributed by atoms with Gasteiger partial charge in [0.25, 0.3) is 0 Å². The average molecular weight is 170 g/mol. The molecule has 0 aromatic carbocycles. The quantitative estimate of drug-likeness (QED) is 0.697. The van der Waals surface area contributed by atoms with Crippen molar-refractivity contribution in [1.29, 1.82) is 0 Å². The molecule has 0 saturated carbocycles. The zero-order valence-corrected chi connectivity index (χ0v) is 8.64. The molecule has 1 fully saturated rings. The molecule has 0 bridgehead atoms. The molecule has 72 valence electrons. The van der Waals surface area contributed by atoms with Gasteiger partial charge in [0.1, 0.15) is 0 Å². The number of likely N-dealkylation sites (tertiary alicyclic amines) is 1. The lowest BCUT2D eigenvalue weighted by molar-refractivity contribution is 0.0996. The van der Waals surface area contributed by atoms with E-state index in [0.717, 1.165) is 19.0 Å². The maximum atomic E-state index is 5.82. The van der Waals surface area contributed by atoms with Crippen molar-refractivity contribution in [2.45, 2.75) is 51.6 Å². The van der Waals surface area contributed by atoms with Crippen molar-refractivity contribution in [2.75, 3.05) is 13.1 Å². The molecule has 0 aliphatic carbocycles. The van der Waals surface area contributed by atoms with Crippen LogP contribution in [0.4, 0.5) is 0 Å². The van der Waals surface area contributed by atoms with Crippen molar-refractivity contribution >= 4 is 0 Å². The van der Waals surface area contributed by atoms with Gasteiger partial charge < -0.3 is 5.73 Å². The van der Waals surface area contributed by atoms with Gasteiger partial charge in [-0.3, -0.25) is 4.90 Å². The van der Waals surface area contributed by atoms with Crippen LogP contribution in [0.2, 0.25) is 0 Å². The van der Waals surface area contributed by atoms with E-state index in [4.69, 9.17) is 5.73 Å².